The molecule has 0 unspecified atom stereocenters. The number of anilines is 3. The summed E-state index contributed by atoms with van der Waals surface area (Å²) in [4.78, 5) is 6.56. The Labute approximate surface area is 228 Å². The molecular formula is C37H26N2. The summed E-state index contributed by atoms with van der Waals surface area (Å²) in [7, 11) is 0. The molecule has 0 aliphatic heterocycles. The van der Waals surface area contributed by atoms with Crippen LogP contribution in [0.3, 0.4) is 0 Å². The summed E-state index contributed by atoms with van der Waals surface area (Å²) in [5.41, 5.74) is 8.28. The van der Waals surface area contributed by atoms with Crippen LogP contribution < -0.4 is 4.90 Å². The Morgan fingerprint density at radius 1 is 0.359 bits per heavy atom. The lowest BCUT2D eigenvalue weighted by molar-refractivity contribution is 1.30. The first-order chi connectivity index (χ1) is 19.4. The molecule has 0 saturated heterocycles. The first-order valence-corrected chi connectivity index (χ1v) is 13.2. The number of para-hydroxylation sites is 2. The molecule has 6 aromatic carbocycles. The van der Waals surface area contributed by atoms with Gasteiger partial charge in [0.25, 0.3) is 0 Å². The van der Waals surface area contributed by atoms with Crippen LogP contribution in [-0.4, -0.2) is 4.98 Å². The molecule has 0 amide bonds. The summed E-state index contributed by atoms with van der Waals surface area (Å²) in [5.74, 6) is 0. The summed E-state index contributed by atoms with van der Waals surface area (Å²) in [6.07, 6.45) is 3.71. The maximum absolute atomic E-state index is 4.21. The predicted molar refractivity (Wildman–Crippen MR) is 165 cm³/mol. The molecule has 0 radical (unpaired) electrons. The highest BCUT2D eigenvalue weighted by Gasteiger charge is 2.18. The smallest absolute Gasteiger partial charge is 0.0540 e. The molecular weight excluding hydrogens is 472 g/mol. The van der Waals surface area contributed by atoms with Crippen LogP contribution in [-0.2, 0) is 0 Å². The molecule has 0 spiro atoms. The molecule has 7 rings (SSSR count). The van der Waals surface area contributed by atoms with E-state index in [1.807, 2.05) is 12.4 Å². The van der Waals surface area contributed by atoms with Gasteiger partial charge >= 0.3 is 0 Å². The number of hydrogen-bond acceptors (Lipinski definition) is 2. The van der Waals surface area contributed by atoms with Gasteiger partial charge in [-0.1, -0.05) is 103 Å². The van der Waals surface area contributed by atoms with Crippen LogP contribution in [0.4, 0.5) is 17.1 Å². The number of hydrogen-bond donors (Lipinski definition) is 0. The average molecular weight is 499 g/mol. The Hall–Kier alpha value is -5.21. The molecule has 0 aliphatic carbocycles. The topological polar surface area (TPSA) is 16.1 Å². The van der Waals surface area contributed by atoms with E-state index in [0.717, 1.165) is 17.1 Å². The van der Waals surface area contributed by atoms with Crippen molar-refractivity contribution in [1.82, 2.24) is 4.98 Å². The molecule has 0 N–H and O–H groups in total. The Kier molecular flexibility index (Phi) is 5.84. The molecule has 184 valence electrons. The molecule has 0 bridgehead atoms. The summed E-state index contributed by atoms with van der Waals surface area (Å²) in [6, 6.07) is 51.9. The monoisotopic (exact) mass is 498 g/mol. The minimum atomic E-state index is 1.13. The van der Waals surface area contributed by atoms with Crippen molar-refractivity contribution >= 4 is 38.6 Å². The van der Waals surface area contributed by atoms with Crippen molar-refractivity contribution in [2.45, 2.75) is 0 Å². The largest absolute Gasteiger partial charge is 0.310 e. The van der Waals surface area contributed by atoms with Crippen molar-refractivity contribution in [3.63, 3.8) is 0 Å². The van der Waals surface area contributed by atoms with Crippen LogP contribution >= 0.6 is 0 Å². The molecule has 39 heavy (non-hydrogen) atoms. The highest BCUT2D eigenvalue weighted by atomic mass is 15.1. The van der Waals surface area contributed by atoms with Crippen molar-refractivity contribution in [2.75, 3.05) is 4.90 Å². The molecule has 1 aromatic heterocycles. The number of nitrogens with zero attached hydrogens (tertiary/aromatic N) is 2. The third-order valence-corrected chi connectivity index (χ3v) is 7.38. The van der Waals surface area contributed by atoms with E-state index in [1.54, 1.807) is 0 Å². The Bertz CT molecular complexity index is 1860. The van der Waals surface area contributed by atoms with Crippen LogP contribution in [0, 0.1) is 0 Å². The molecule has 7 aromatic rings. The van der Waals surface area contributed by atoms with Crippen molar-refractivity contribution in [3.8, 4) is 22.3 Å². The summed E-state index contributed by atoms with van der Waals surface area (Å²) < 4.78 is 0. The van der Waals surface area contributed by atoms with Gasteiger partial charge in [-0.05, 0) is 80.9 Å². The fourth-order valence-electron chi connectivity index (χ4n) is 5.61. The van der Waals surface area contributed by atoms with Crippen LogP contribution in [0.5, 0.6) is 0 Å². The third-order valence-electron chi connectivity index (χ3n) is 7.38. The van der Waals surface area contributed by atoms with Crippen LogP contribution in [0.25, 0.3) is 43.8 Å². The van der Waals surface area contributed by atoms with Gasteiger partial charge in [0.05, 0.1) is 5.69 Å². The lowest BCUT2D eigenvalue weighted by Crippen LogP contribution is -2.10. The molecule has 1 heterocycles. The number of benzene rings is 6. The lowest BCUT2D eigenvalue weighted by Gasteiger charge is -2.27. The SMILES string of the molecule is c1ccc(N(c2ccccc2)c2ccc(-c3ccc(-c4ccncc4)c4ccccc34)c3ccccc23)cc1. The Morgan fingerprint density at radius 3 is 1.38 bits per heavy atom. The second-order valence-corrected chi connectivity index (χ2v) is 9.63. The van der Waals surface area contributed by atoms with E-state index < -0.39 is 0 Å². The van der Waals surface area contributed by atoms with E-state index in [0.29, 0.717) is 0 Å². The molecule has 0 aliphatic rings. The van der Waals surface area contributed by atoms with Gasteiger partial charge in [0.15, 0.2) is 0 Å². The van der Waals surface area contributed by atoms with Crippen molar-refractivity contribution < 1.29 is 0 Å². The van der Waals surface area contributed by atoms with Gasteiger partial charge < -0.3 is 4.90 Å². The molecule has 0 saturated carbocycles. The number of aromatic nitrogens is 1. The standard InChI is InChI=1S/C37H26N2/c1-3-11-28(12-4-1)39(29-13-5-2-6-14-29)37-22-21-35(33-17-9-10-18-36(33)37)34-20-19-30(27-23-25-38-26-24-27)31-15-7-8-16-32(31)34/h1-26H. The van der Waals surface area contributed by atoms with Crippen LogP contribution in [0.1, 0.15) is 0 Å². The second kappa shape index (κ2) is 9.92. The van der Waals surface area contributed by atoms with E-state index >= 15 is 0 Å². The fraction of sp³-hybridized carbons (Fsp3) is 0. The van der Waals surface area contributed by atoms with Crippen molar-refractivity contribution in [2.24, 2.45) is 0 Å². The summed E-state index contributed by atoms with van der Waals surface area (Å²) in [6.45, 7) is 0. The average Bonchev–Trinajstić information content (AvgIpc) is 3.02. The van der Waals surface area contributed by atoms with E-state index in [-0.39, 0.29) is 0 Å². The predicted octanol–water partition coefficient (Wildman–Crippen LogP) is 10.2. The first-order valence-electron chi connectivity index (χ1n) is 13.2. The maximum Gasteiger partial charge on any atom is 0.0540 e. The molecule has 0 atom stereocenters. The summed E-state index contributed by atoms with van der Waals surface area (Å²) >= 11 is 0. The Balaban J connectivity index is 1.46. The van der Waals surface area contributed by atoms with Gasteiger partial charge in [-0.2, -0.15) is 0 Å². The normalized spacial score (nSPS) is 11.1. The van der Waals surface area contributed by atoms with Gasteiger partial charge in [0.1, 0.15) is 0 Å². The molecule has 2 nitrogen and oxygen atoms in total. The highest BCUT2D eigenvalue weighted by molar-refractivity contribution is 6.12. The van der Waals surface area contributed by atoms with E-state index in [4.69, 9.17) is 0 Å². The number of pyridine rings is 1. The van der Waals surface area contributed by atoms with Gasteiger partial charge in [-0.25, -0.2) is 0 Å². The van der Waals surface area contributed by atoms with Gasteiger partial charge in [-0.15, -0.1) is 0 Å². The fourth-order valence-corrected chi connectivity index (χ4v) is 5.61. The zero-order valence-electron chi connectivity index (χ0n) is 21.4. The van der Waals surface area contributed by atoms with Crippen LogP contribution in [0.15, 0.2) is 158 Å². The quantitative estimate of drug-likeness (QED) is 0.235. The number of fused-ring (bicyclic) bond motifs is 2. The Morgan fingerprint density at radius 2 is 0.795 bits per heavy atom. The van der Waals surface area contributed by atoms with E-state index in [2.05, 4.69) is 155 Å². The van der Waals surface area contributed by atoms with Crippen molar-refractivity contribution in [1.29, 1.82) is 0 Å². The van der Waals surface area contributed by atoms with E-state index in [9.17, 15) is 0 Å². The van der Waals surface area contributed by atoms with Crippen LogP contribution in [0.2, 0.25) is 0 Å². The zero-order valence-corrected chi connectivity index (χ0v) is 21.4. The highest BCUT2D eigenvalue weighted by Crippen LogP contribution is 2.43. The molecule has 2 heteroatoms. The van der Waals surface area contributed by atoms with Gasteiger partial charge in [0.2, 0.25) is 0 Å². The van der Waals surface area contributed by atoms with Gasteiger partial charge in [-0.3, -0.25) is 4.98 Å². The zero-order chi connectivity index (χ0) is 26.0. The van der Waals surface area contributed by atoms with E-state index in [1.165, 1.54) is 43.8 Å². The first kappa shape index (κ1) is 22.9. The molecule has 0 fully saturated rings. The maximum atomic E-state index is 4.21. The second-order valence-electron chi connectivity index (χ2n) is 9.63. The summed E-state index contributed by atoms with van der Waals surface area (Å²) in [5, 5.41) is 4.93. The minimum absolute atomic E-state index is 1.13. The van der Waals surface area contributed by atoms with Gasteiger partial charge in [0, 0.05) is 29.2 Å². The third kappa shape index (κ3) is 4.13. The minimum Gasteiger partial charge on any atom is -0.310 e. The number of rotatable bonds is 5. The van der Waals surface area contributed by atoms with Crippen molar-refractivity contribution in [3.05, 3.63) is 158 Å². The lowest BCUT2D eigenvalue weighted by atomic mass is 9.90.